The molecule has 102 valence electrons. The van der Waals surface area contributed by atoms with Crippen LogP contribution in [0.4, 0.5) is 5.13 Å². The average molecular weight is 276 g/mol. The summed E-state index contributed by atoms with van der Waals surface area (Å²) in [6.45, 7) is 3.59. The molecule has 0 unspecified atom stereocenters. The molecular weight excluding hydrogens is 256 g/mol. The van der Waals surface area contributed by atoms with Gasteiger partial charge < -0.3 is 10.6 Å². The summed E-state index contributed by atoms with van der Waals surface area (Å²) in [5.74, 6) is 0. The van der Waals surface area contributed by atoms with Crippen molar-refractivity contribution in [1.82, 2.24) is 9.97 Å². The van der Waals surface area contributed by atoms with Crippen LogP contribution in [0, 0.1) is 0 Å². The van der Waals surface area contributed by atoms with Gasteiger partial charge in [-0.15, -0.1) is 11.3 Å². The number of pyridine rings is 1. The highest BCUT2D eigenvalue weighted by molar-refractivity contribution is 7.15. The van der Waals surface area contributed by atoms with E-state index in [0.717, 1.165) is 30.2 Å². The van der Waals surface area contributed by atoms with Crippen molar-refractivity contribution in [2.75, 3.05) is 11.9 Å². The van der Waals surface area contributed by atoms with Gasteiger partial charge in [0.05, 0.1) is 5.69 Å². The van der Waals surface area contributed by atoms with Crippen LogP contribution in [-0.2, 0) is 19.5 Å². The summed E-state index contributed by atoms with van der Waals surface area (Å²) < 4.78 is 0. The highest BCUT2D eigenvalue weighted by Gasteiger charge is 2.12. The van der Waals surface area contributed by atoms with Gasteiger partial charge in [-0.3, -0.25) is 4.98 Å². The molecule has 2 heterocycles. The van der Waals surface area contributed by atoms with Crippen LogP contribution in [0.5, 0.6) is 0 Å². The molecule has 0 spiro atoms. The summed E-state index contributed by atoms with van der Waals surface area (Å²) in [5, 5.41) is 1.04. The second-order valence-electron chi connectivity index (χ2n) is 4.53. The van der Waals surface area contributed by atoms with Crippen molar-refractivity contribution >= 4 is 16.5 Å². The fourth-order valence-corrected chi connectivity index (χ4v) is 2.90. The number of aromatic nitrogens is 2. The molecule has 4 nitrogen and oxygen atoms in total. The number of hydrogen-bond acceptors (Lipinski definition) is 5. The summed E-state index contributed by atoms with van der Waals surface area (Å²) in [6, 6.07) is 4.06. The Bertz CT molecular complexity index is 509. The van der Waals surface area contributed by atoms with E-state index in [0.29, 0.717) is 6.54 Å². The van der Waals surface area contributed by atoms with Crippen molar-refractivity contribution in [2.24, 2.45) is 5.73 Å². The molecule has 19 heavy (non-hydrogen) atoms. The number of thiazole rings is 1. The normalized spacial score (nSPS) is 10.7. The Morgan fingerprint density at radius 2 is 2.05 bits per heavy atom. The fourth-order valence-electron chi connectivity index (χ4n) is 1.95. The van der Waals surface area contributed by atoms with Crippen LogP contribution in [-0.4, -0.2) is 17.0 Å². The molecule has 0 saturated heterocycles. The van der Waals surface area contributed by atoms with Gasteiger partial charge in [0.2, 0.25) is 0 Å². The first-order valence-corrected chi connectivity index (χ1v) is 7.35. The molecule has 0 aliphatic heterocycles. The largest absolute Gasteiger partial charge is 0.347 e. The molecule has 0 radical (unpaired) electrons. The summed E-state index contributed by atoms with van der Waals surface area (Å²) in [5.41, 5.74) is 8.18. The summed E-state index contributed by atoms with van der Waals surface area (Å²) >= 11 is 1.70. The molecule has 2 N–H and O–H groups in total. The summed E-state index contributed by atoms with van der Waals surface area (Å²) in [7, 11) is 2.06. The van der Waals surface area contributed by atoms with Gasteiger partial charge in [0, 0.05) is 37.4 Å². The third kappa shape index (κ3) is 3.52. The molecule has 0 atom stereocenters. The van der Waals surface area contributed by atoms with Crippen LogP contribution in [0.3, 0.4) is 0 Å². The minimum Gasteiger partial charge on any atom is -0.347 e. The van der Waals surface area contributed by atoms with Gasteiger partial charge in [0.25, 0.3) is 0 Å². The monoisotopic (exact) mass is 276 g/mol. The zero-order valence-electron chi connectivity index (χ0n) is 11.5. The van der Waals surface area contributed by atoms with Gasteiger partial charge in [-0.25, -0.2) is 4.98 Å². The standard InChI is InChI=1S/C14H20N4S/c1-3-4-12-13(9-15)19-14(17-12)18(2)10-11-5-7-16-8-6-11/h5-8H,3-4,9-10,15H2,1-2H3. The Labute approximate surface area is 118 Å². The number of anilines is 1. The summed E-state index contributed by atoms with van der Waals surface area (Å²) in [4.78, 5) is 12.1. The van der Waals surface area contributed by atoms with Gasteiger partial charge in [0.15, 0.2) is 5.13 Å². The highest BCUT2D eigenvalue weighted by Crippen LogP contribution is 2.27. The smallest absolute Gasteiger partial charge is 0.185 e. The maximum atomic E-state index is 5.79. The Kier molecular flexibility index (Phi) is 4.87. The van der Waals surface area contributed by atoms with Gasteiger partial charge in [-0.05, 0) is 24.1 Å². The third-order valence-corrected chi connectivity index (χ3v) is 4.17. The highest BCUT2D eigenvalue weighted by atomic mass is 32.1. The lowest BCUT2D eigenvalue weighted by Gasteiger charge is -2.15. The topological polar surface area (TPSA) is 55.0 Å². The maximum Gasteiger partial charge on any atom is 0.185 e. The van der Waals surface area contributed by atoms with Gasteiger partial charge in [0.1, 0.15) is 0 Å². The molecule has 0 amide bonds. The zero-order chi connectivity index (χ0) is 13.7. The maximum absolute atomic E-state index is 5.79. The van der Waals surface area contributed by atoms with Crippen molar-refractivity contribution in [3.05, 3.63) is 40.7 Å². The minimum absolute atomic E-state index is 0.579. The van der Waals surface area contributed by atoms with Crippen LogP contribution >= 0.6 is 11.3 Å². The average Bonchev–Trinajstić information content (AvgIpc) is 2.83. The van der Waals surface area contributed by atoms with Crippen LogP contribution in [0.1, 0.15) is 29.5 Å². The Balaban J connectivity index is 2.12. The van der Waals surface area contributed by atoms with Crippen molar-refractivity contribution in [3.8, 4) is 0 Å². The van der Waals surface area contributed by atoms with E-state index in [1.807, 2.05) is 24.5 Å². The number of nitrogens with two attached hydrogens (primary N) is 1. The van der Waals surface area contributed by atoms with Crippen molar-refractivity contribution in [3.63, 3.8) is 0 Å². The van der Waals surface area contributed by atoms with E-state index in [2.05, 4.69) is 23.9 Å². The Hall–Kier alpha value is -1.46. The molecule has 2 aromatic rings. The minimum atomic E-state index is 0.579. The first-order valence-electron chi connectivity index (χ1n) is 6.53. The van der Waals surface area contributed by atoms with E-state index in [9.17, 15) is 0 Å². The number of aryl methyl sites for hydroxylation is 1. The quantitative estimate of drug-likeness (QED) is 0.881. The molecule has 2 rings (SSSR count). The lowest BCUT2D eigenvalue weighted by atomic mass is 10.2. The van der Waals surface area contributed by atoms with Gasteiger partial charge in [-0.1, -0.05) is 13.3 Å². The molecule has 2 aromatic heterocycles. The molecular formula is C14H20N4S. The number of hydrogen-bond donors (Lipinski definition) is 1. The first kappa shape index (κ1) is 14.0. The molecule has 0 aliphatic rings. The van der Waals surface area contributed by atoms with Crippen molar-refractivity contribution in [1.29, 1.82) is 0 Å². The van der Waals surface area contributed by atoms with Crippen LogP contribution in [0.25, 0.3) is 0 Å². The van der Waals surface area contributed by atoms with Crippen LogP contribution < -0.4 is 10.6 Å². The lowest BCUT2D eigenvalue weighted by molar-refractivity contribution is 0.854. The van der Waals surface area contributed by atoms with Gasteiger partial charge >= 0.3 is 0 Å². The predicted molar refractivity (Wildman–Crippen MR) is 80.3 cm³/mol. The molecule has 0 fully saturated rings. The third-order valence-electron chi connectivity index (χ3n) is 2.93. The molecule has 0 bridgehead atoms. The van der Waals surface area contributed by atoms with E-state index in [-0.39, 0.29) is 0 Å². The first-order chi connectivity index (χ1) is 9.24. The van der Waals surface area contributed by atoms with Gasteiger partial charge in [-0.2, -0.15) is 0 Å². The second-order valence-corrected chi connectivity index (χ2v) is 5.59. The molecule has 0 aliphatic carbocycles. The molecule has 5 heteroatoms. The van der Waals surface area contributed by atoms with Crippen LogP contribution in [0.15, 0.2) is 24.5 Å². The van der Waals surface area contributed by atoms with Crippen LogP contribution in [0.2, 0.25) is 0 Å². The fraction of sp³-hybridized carbons (Fsp3) is 0.429. The Morgan fingerprint density at radius 3 is 2.68 bits per heavy atom. The van der Waals surface area contributed by atoms with E-state index >= 15 is 0 Å². The van der Waals surface area contributed by atoms with E-state index in [1.54, 1.807) is 11.3 Å². The second kappa shape index (κ2) is 6.63. The number of nitrogens with zero attached hydrogens (tertiary/aromatic N) is 3. The predicted octanol–water partition coefficient (Wildman–Crippen LogP) is 2.59. The molecule has 0 aromatic carbocycles. The van der Waals surface area contributed by atoms with E-state index in [1.165, 1.54) is 10.4 Å². The SMILES string of the molecule is CCCc1nc(N(C)Cc2ccncc2)sc1CN. The molecule has 0 saturated carbocycles. The lowest BCUT2D eigenvalue weighted by Crippen LogP contribution is -2.16. The van der Waals surface area contributed by atoms with E-state index < -0.39 is 0 Å². The van der Waals surface area contributed by atoms with Crippen molar-refractivity contribution in [2.45, 2.75) is 32.9 Å². The summed E-state index contributed by atoms with van der Waals surface area (Å²) in [6.07, 6.45) is 5.74. The number of rotatable bonds is 6. The van der Waals surface area contributed by atoms with Crippen molar-refractivity contribution < 1.29 is 0 Å². The van der Waals surface area contributed by atoms with E-state index in [4.69, 9.17) is 10.7 Å². The Morgan fingerprint density at radius 1 is 1.32 bits per heavy atom. The zero-order valence-corrected chi connectivity index (χ0v) is 12.3.